The van der Waals surface area contributed by atoms with E-state index < -0.39 is 4.92 Å². The smallest absolute Gasteiger partial charge is 0.269 e. The minimum atomic E-state index is -0.474. The average Bonchev–Trinajstić information content (AvgIpc) is 2.59. The number of anilines is 1. The van der Waals surface area contributed by atoms with Gasteiger partial charge in [-0.05, 0) is 30.3 Å². The van der Waals surface area contributed by atoms with Crippen LogP contribution in [0.1, 0.15) is 10.4 Å². The van der Waals surface area contributed by atoms with Crippen molar-refractivity contribution in [3.8, 4) is 11.5 Å². The number of nitro groups is 1. The summed E-state index contributed by atoms with van der Waals surface area (Å²) in [4.78, 5) is 22.3. The molecule has 0 atom stereocenters. The van der Waals surface area contributed by atoms with Gasteiger partial charge in [-0.2, -0.15) is 0 Å². The van der Waals surface area contributed by atoms with E-state index in [1.165, 1.54) is 26.4 Å². The molecule has 0 saturated heterocycles. The van der Waals surface area contributed by atoms with Gasteiger partial charge in [-0.25, -0.2) is 0 Å². The van der Waals surface area contributed by atoms with Crippen LogP contribution in [-0.4, -0.2) is 31.5 Å². The number of hydrogen-bond acceptors (Lipinski definition) is 6. The van der Waals surface area contributed by atoms with Crippen molar-refractivity contribution < 1.29 is 19.2 Å². The third kappa shape index (κ3) is 3.97. The summed E-state index contributed by atoms with van der Waals surface area (Å²) in [7, 11) is 3.02. The number of hydrogen-bond donors (Lipinski definition) is 1. The van der Waals surface area contributed by atoms with E-state index in [2.05, 4.69) is 5.32 Å². The monoisotopic (exact) mass is 316 g/mol. The molecule has 1 N–H and O–H groups in total. The molecule has 120 valence electrons. The fourth-order valence-corrected chi connectivity index (χ4v) is 2.00. The molecule has 2 rings (SSSR count). The van der Waals surface area contributed by atoms with Crippen LogP contribution in [-0.2, 0) is 0 Å². The highest BCUT2D eigenvalue weighted by atomic mass is 16.6. The Labute approximate surface area is 133 Å². The number of non-ortho nitro benzene ring substituents is 1. The van der Waals surface area contributed by atoms with Crippen LogP contribution in [0.5, 0.6) is 11.5 Å². The van der Waals surface area contributed by atoms with E-state index >= 15 is 0 Å². The molecule has 7 heteroatoms. The average molecular weight is 316 g/mol. The highest BCUT2D eigenvalue weighted by molar-refractivity contribution is 5.99. The summed E-state index contributed by atoms with van der Waals surface area (Å²) in [6.07, 6.45) is 0. The number of carbonyl (C=O) groups is 1. The van der Waals surface area contributed by atoms with Crippen LogP contribution in [0.15, 0.2) is 42.5 Å². The van der Waals surface area contributed by atoms with Gasteiger partial charge in [0.2, 0.25) is 0 Å². The second kappa shape index (κ2) is 7.26. The topological polar surface area (TPSA) is 90.7 Å². The largest absolute Gasteiger partial charge is 0.493 e. The standard InChI is InChI=1S/C16H16N2O5/c1-22-15-8-3-11(9-16(15)23-2)14(19)10-17-12-4-6-13(7-5-12)18(20)21/h3-9,17H,10H2,1-2H3. The van der Waals surface area contributed by atoms with Crippen LogP contribution in [0, 0.1) is 10.1 Å². The molecular weight excluding hydrogens is 300 g/mol. The van der Waals surface area contributed by atoms with E-state index in [1.807, 2.05) is 0 Å². The van der Waals surface area contributed by atoms with Gasteiger partial charge in [-0.15, -0.1) is 0 Å². The van der Waals surface area contributed by atoms with Gasteiger partial charge in [0.1, 0.15) is 0 Å². The number of methoxy groups -OCH3 is 2. The number of Topliss-reactive ketones (excluding diaryl/α,β-unsaturated/α-hetero) is 1. The zero-order valence-electron chi connectivity index (χ0n) is 12.7. The fraction of sp³-hybridized carbons (Fsp3) is 0.188. The van der Waals surface area contributed by atoms with Gasteiger partial charge in [0, 0.05) is 23.4 Å². The van der Waals surface area contributed by atoms with E-state index in [0.717, 1.165) is 0 Å². The SMILES string of the molecule is COc1ccc(C(=O)CNc2ccc([N+](=O)[O-])cc2)cc1OC. The second-order valence-corrected chi connectivity index (χ2v) is 4.65. The number of ether oxygens (including phenoxy) is 2. The normalized spacial score (nSPS) is 10.0. The highest BCUT2D eigenvalue weighted by Gasteiger charge is 2.11. The predicted octanol–water partition coefficient (Wildman–Crippen LogP) is 2.91. The summed E-state index contributed by atoms with van der Waals surface area (Å²) >= 11 is 0. The van der Waals surface area contributed by atoms with Crippen molar-refractivity contribution in [3.05, 3.63) is 58.1 Å². The molecule has 0 aliphatic rings. The Morgan fingerprint density at radius 1 is 1.09 bits per heavy atom. The molecule has 0 fully saturated rings. The van der Waals surface area contributed by atoms with Crippen LogP contribution in [0.3, 0.4) is 0 Å². The van der Waals surface area contributed by atoms with Crippen LogP contribution in [0.25, 0.3) is 0 Å². The van der Waals surface area contributed by atoms with Crippen LogP contribution in [0.4, 0.5) is 11.4 Å². The number of carbonyl (C=O) groups excluding carboxylic acids is 1. The lowest BCUT2D eigenvalue weighted by molar-refractivity contribution is -0.384. The maximum absolute atomic E-state index is 12.2. The van der Waals surface area contributed by atoms with E-state index in [4.69, 9.17) is 9.47 Å². The van der Waals surface area contributed by atoms with Crippen molar-refractivity contribution in [1.82, 2.24) is 0 Å². The number of nitrogens with zero attached hydrogens (tertiary/aromatic N) is 1. The molecule has 0 unspecified atom stereocenters. The molecule has 7 nitrogen and oxygen atoms in total. The third-order valence-electron chi connectivity index (χ3n) is 3.24. The van der Waals surface area contributed by atoms with Crippen molar-refractivity contribution in [3.63, 3.8) is 0 Å². The number of rotatable bonds is 7. The lowest BCUT2D eigenvalue weighted by Crippen LogP contribution is -2.14. The predicted molar refractivity (Wildman–Crippen MR) is 85.5 cm³/mol. The van der Waals surface area contributed by atoms with Crippen LogP contribution < -0.4 is 14.8 Å². The number of nitro benzene ring substituents is 1. The van der Waals surface area contributed by atoms with Gasteiger partial charge < -0.3 is 14.8 Å². The zero-order valence-corrected chi connectivity index (χ0v) is 12.7. The Kier molecular flexibility index (Phi) is 5.14. The third-order valence-corrected chi connectivity index (χ3v) is 3.24. The van der Waals surface area contributed by atoms with E-state index in [1.54, 1.807) is 30.3 Å². The molecule has 0 aliphatic carbocycles. The Morgan fingerprint density at radius 3 is 2.30 bits per heavy atom. The first kappa shape index (κ1) is 16.3. The van der Waals surface area contributed by atoms with Gasteiger partial charge in [0.25, 0.3) is 5.69 Å². The Hall–Kier alpha value is -3.09. The first-order chi connectivity index (χ1) is 11.0. The van der Waals surface area contributed by atoms with Crippen LogP contribution in [0.2, 0.25) is 0 Å². The van der Waals surface area contributed by atoms with E-state index in [0.29, 0.717) is 22.7 Å². The van der Waals surface area contributed by atoms with Gasteiger partial charge in [0.15, 0.2) is 17.3 Å². The van der Waals surface area contributed by atoms with Crippen molar-refractivity contribution in [2.75, 3.05) is 26.1 Å². The number of nitrogens with one attached hydrogen (secondary N) is 1. The van der Waals surface area contributed by atoms with Crippen LogP contribution >= 0.6 is 0 Å². The number of ketones is 1. The van der Waals surface area contributed by atoms with E-state index in [-0.39, 0.29) is 18.0 Å². The Bertz CT molecular complexity index is 713. The molecule has 0 saturated carbocycles. The Balaban J connectivity index is 2.03. The molecule has 0 bridgehead atoms. The maximum atomic E-state index is 12.2. The highest BCUT2D eigenvalue weighted by Crippen LogP contribution is 2.27. The summed E-state index contributed by atoms with van der Waals surface area (Å²) in [6.45, 7) is 0.0628. The molecule has 0 aliphatic heterocycles. The number of benzene rings is 2. The lowest BCUT2D eigenvalue weighted by Gasteiger charge is -2.10. The summed E-state index contributed by atoms with van der Waals surface area (Å²) in [6, 6.07) is 10.8. The second-order valence-electron chi connectivity index (χ2n) is 4.65. The van der Waals surface area contributed by atoms with Gasteiger partial charge in [-0.1, -0.05) is 0 Å². The first-order valence-electron chi connectivity index (χ1n) is 6.78. The summed E-state index contributed by atoms with van der Waals surface area (Å²) < 4.78 is 10.3. The minimum Gasteiger partial charge on any atom is -0.493 e. The van der Waals surface area contributed by atoms with Gasteiger partial charge in [-0.3, -0.25) is 14.9 Å². The van der Waals surface area contributed by atoms with Gasteiger partial charge >= 0.3 is 0 Å². The lowest BCUT2D eigenvalue weighted by atomic mass is 10.1. The van der Waals surface area contributed by atoms with Gasteiger partial charge in [0.05, 0.1) is 25.7 Å². The van der Waals surface area contributed by atoms with Crippen molar-refractivity contribution in [1.29, 1.82) is 0 Å². The molecule has 2 aromatic carbocycles. The molecule has 0 amide bonds. The molecule has 2 aromatic rings. The quantitative estimate of drug-likeness (QED) is 0.480. The van der Waals surface area contributed by atoms with Crippen molar-refractivity contribution in [2.24, 2.45) is 0 Å². The molecule has 0 aromatic heterocycles. The summed E-state index contributed by atoms with van der Waals surface area (Å²) in [5.41, 5.74) is 1.11. The molecule has 0 spiro atoms. The summed E-state index contributed by atoms with van der Waals surface area (Å²) in [5, 5.41) is 13.5. The molecular formula is C16H16N2O5. The van der Waals surface area contributed by atoms with E-state index in [9.17, 15) is 14.9 Å². The van der Waals surface area contributed by atoms with Crippen molar-refractivity contribution in [2.45, 2.75) is 0 Å². The fourth-order valence-electron chi connectivity index (χ4n) is 2.00. The molecule has 23 heavy (non-hydrogen) atoms. The minimum absolute atomic E-state index is 0.00164. The first-order valence-corrected chi connectivity index (χ1v) is 6.78. The molecule has 0 radical (unpaired) electrons. The summed E-state index contributed by atoms with van der Waals surface area (Å²) in [5.74, 6) is 0.894. The molecule has 0 heterocycles. The maximum Gasteiger partial charge on any atom is 0.269 e. The Morgan fingerprint density at radius 2 is 1.74 bits per heavy atom. The zero-order chi connectivity index (χ0) is 16.8. The van der Waals surface area contributed by atoms with Crippen molar-refractivity contribution >= 4 is 17.2 Å².